The Morgan fingerprint density at radius 2 is 1.71 bits per heavy atom. The lowest BCUT2D eigenvalue weighted by Gasteiger charge is -2.12. The SMILES string of the molecule is CN=C(NCCCCCCC(=O)OC)NCCC(F)(F)F. The molecule has 124 valence electrons. The molecule has 5 nitrogen and oxygen atoms in total. The van der Waals surface area contributed by atoms with Gasteiger partial charge >= 0.3 is 12.1 Å². The predicted molar refractivity (Wildman–Crippen MR) is 75.1 cm³/mol. The second kappa shape index (κ2) is 11.2. The normalized spacial score (nSPS) is 12.1. The van der Waals surface area contributed by atoms with Gasteiger partial charge in [-0.3, -0.25) is 9.79 Å². The molecule has 0 rings (SSSR count). The summed E-state index contributed by atoms with van der Waals surface area (Å²) in [6.07, 6.45) is -1.13. The van der Waals surface area contributed by atoms with Gasteiger partial charge < -0.3 is 15.4 Å². The lowest BCUT2D eigenvalue weighted by atomic mass is 10.1. The number of hydrogen-bond donors (Lipinski definition) is 2. The molecule has 0 saturated heterocycles. The first-order valence-corrected chi connectivity index (χ1v) is 6.97. The number of halogens is 3. The lowest BCUT2D eigenvalue weighted by molar-refractivity contribution is -0.140. The zero-order valence-corrected chi connectivity index (χ0v) is 12.6. The van der Waals surface area contributed by atoms with Crippen molar-refractivity contribution in [2.24, 2.45) is 4.99 Å². The monoisotopic (exact) mass is 311 g/mol. The second-order valence-electron chi connectivity index (χ2n) is 4.53. The van der Waals surface area contributed by atoms with E-state index in [-0.39, 0.29) is 12.5 Å². The van der Waals surface area contributed by atoms with Crippen LogP contribution in [0.15, 0.2) is 4.99 Å². The topological polar surface area (TPSA) is 62.7 Å². The lowest BCUT2D eigenvalue weighted by Crippen LogP contribution is -2.39. The minimum absolute atomic E-state index is 0.192. The number of esters is 1. The first kappa shape index (κ1) is 19.5. The van der Waals surface area contributed by atoms with Crippen molar-refractivity contribution in [1.29, 1.82) is 0 Å². The number of guanidine groups is 1. The Labute approximate surface area is 123 Å². The predicted octanol–water partition coefficient (Wildman–Crippen LogP) is 2.23. The number of nitrogens with zero attached hydrogens (tertiary/aromatic N) is 1. The molecule has 0 aromatic carbocycles. The van der Waals surface area contributed by atoms with E-state index in [1.165, 1.54) is 14.2 Å². The molecule has 0 saturated carbocycles. The Hall–Kier alpha value is -1.47. The fourth-order valence-electron chi connectivity index (χ4n) is 1.60. The molecule has 0 heterocycles. The third kappa shape index (κ3) is 13.3. The van der Waals surface area contributed by atoms with Gasteiger partial charge in [-0.05, 0) is 12.8 Å². The highest BCUT2D eigenvalue weighted by Crippen LogP contribution is 2.17. The molecule has 0 aromatic heterocycles. The number of hydrogen-bond acceptors (Lipinski definition) is 3. The van der Waals surface area contributed by atoms with Crippen molar-refractivity contribution in [1.82, 2.24) is 10.6 Å². The molecule has 0 fully saturated rings. The van der Waals surface area contributed by atoms with Crippen molar-refractivity contribution in [3.8, 4) is 0 Å². The fourth-order valence-corrected chi connectivity index (χ4v) is 1.60. The summed E-state index contributed by atoms with van der Waals surface area (Å²) in [6.45, 7) is 0.437. The molecule has 0 amide bonds. The Kier molecular flexibility index (Phi) is 10.4. The molecular weight excluding hydrogens is 287 g/mol. The molecule has 8 heteroatoms. The summed E-state index contributed by atoms with van der Waals surface area (Å²) in [5.74, 6) is 0.163. The first-order valence-electron chi connectivity index (χ1n) is 6.97. The Balaban J connectivity index is 3.54. The van der Waals surface area contributed by atoms with Gasteiger partial charge in [0.25, 0.3) is 0 Å². The van der Waals surface area contributed by atoms with E-state index in [9.17, 15) is 18.0 Å². The fraction of sp³-hybridized carbons (Fsp3) is 0.846. The number of carbonyl (C=O) groups excluding carboxylic acids is 1. The van der Waals surface area contributed by atoms with Gasteiger partial charge in [0.15, 0.2) is 5.96 Å². The van der Waals surface area contributed by atoms with Gasteiger partial charge in [-0.15, -0.1) is 0 Å². The molecule has 0 aromatic rings. The van der Waals surface area contributed by atoms with Gasteiger partial charge in [0.2, 0.25) is 0 Å². The minimum Gasteiger partial charge on any atom is -0.469 e. The maximum atomic E-state index is 12.0. The number of rotatable bonds is 9. The van der Waals surface area contributed by atoms with Gasteiger partial charge in [0, 0.05) is 26.6 Å². The molecular formula is C13H24F3N3O2. The van der Waals surface area contributed by atoms with Gasteiger partial charge in [0.1, 0.15) is 0 Å². The molecule has 0 aliphatic carbocycles. The quantitative estimate of drug-likeness (QED) is 0.297. The highest BCUT2D eigenvalue weighted by molar-refractivity contribution is 5.79. The van der Waals surface area contributed by atoms with E-state index >= 15 is 0 Å². The summed E-state index contributed by atoms with van der Waals surface area (Å²) in [4.78, 5) is 14.7. The Morgan fingerprint density at radius 1 is 1.10 bits per heavy atom. The van der Waals surface area contributed by atoms with E-state index in [0.717, 1.165) is 25.7 Å². The van der Waals surface area contributed by atoms with E-state index in [2.05, 4.69) is 20.4 Å². The number of nitrogens with one attached hydrogen (secondary N) is 2. The third-order valence-electron chi connectivity index (χ3n) is 2.75. The standard InChI is InChI=1S/C13H24F3N3O2/c1-17-12(19-10-8-13(14,15)16)18-9-6-4-3-5-7-11(20)21-2/h3-10H2,1-2H3,(H2,17,18,19). The molecule has 0 aliphatic heterocycles. The Morgan fingerprint density at radius 3 is 2.29 bits per heavy atom. The van der Waals surface area contributed by atoms with E-state index in [0.29, 0.717) is 18.9 Å². The van der Waals surface area contributed by atoms with Crippen LogP contribution in [0.3, 0.4) is 0 Å². The van der Waals surface area contributed by atoms with Crippen LogP contribution < -0.4 is 10.6 Å². The minimum atomic E-state index is -4.16. The number of methoxy groups -OCH3 is 1. The summed E-state index contributed by atoms with van der Waals surface area (Å²) in [5.41, 5.74) is 0. The number of aliphatic imine (C=N–C) groups is 1. The van der Waals surface area contributed by atoms with Crippen molar-refractivity contribution in [2.45, 2.75) is 44.7 Å². The maximum Gasteiger partial charge on any atom is 0.390 e. The number of ether oxygens (including phenoxy) is 1. The van der Waals surface area contributed by atoms with E-state index in [1.54, 1.807) is 0 Å². The highest BCUT2D eigenvalue weighted by atomic mass is 19.4. The van der Waals surface area contributed by atoms with E-state index in [1.807, 2.05) is 0 Å². The van der Waals surface area contributed by atoms with Gasteiger partial charge in [-0.1, -0.05) is 12.8 Å². The van der Waals surface area contributed by atoms with Crippen molar-refractivity contribution in [3.63, 3.8) is 0 Å². The van der Waals surface area contributed by atoms with Gasteiger partial charge in [-0.25, -0.2) is 0 Å². The van der Waals surface area contributed by atoms with Crippen molar-refractivity contribution in [3.05, 3.63) is 0 Å². The van der Waals surface area contributed by atoms with Gasteiger partial charge in [0.05, 0.1) is 13.5 Å². The van der Waals surface area contributed by atoms with Crippen LogP contribution in [0.1, 0.15) is 38.5 Å². The van der Waals surface area contributed by atoms with Crippen LogP contribution >= 0.6 is 0 Å². The average molecular weight is 311 g/mol. The van der Waals surface area contributed by atoms with Crippen LogP contribution in [-0.4, -0.2) is 45.4 Å². The second-order valence-corrected chi connectivity index (χ2v) is 4.53. The average Bonchev–Trinajstić information content (AvgIpc) is 2.42. The zero-order valence-electron chi connectivity index (χ0n) is 12.6. The van der Waals surface area contributed by atoms with Crippen LogP contribution in [0, 0.1) is 0 Å². The number of unbranched alkanes of at least 4 members (excludes halogenated alkanes) is 3. The Bertz CT molecular complexity index is 320. The van der Waals surface area contributed by atoms with Crippen LogP contribution in [0.25, 0.3) is 0 Å². The van der Waals surface area contributed by atoms with Crippen molar-refractivity contribution >= 4 is 11.9 Å². The van der Waals surface area contributed by atoms with Crippen LogP contribution in [0.5, 0.6) is 0 Å². The molecule has 21 heavy (non-hydrogen) atoms. The van der Waals surface area contributed by atoms with Crippen molar-refractivity contribution in [2.75, 3.05) is 27.2 Å². The van der Waals surface area contributed by atoms with Gasteiger partial charge in [-0.2, -0.15) is 13.2 Å². The summed E-state index contributed by atoms with van der Waals surface area (Å²) in [5, 5.41) is 5.55. The van der Waals surface area contributed by atoms with Crippen LogP contribution in [0.4, 0.5) is 13.2 Å². The van der Waals surface area contributed by atoms with Crippen LogP contribution in [0.2, 0.25) is 0 Å². The summed E-state index contributed by atoms with van der Waals surface area (Å²) in [7, 11) is 2.88. The maximum absolute atomic E-state index is 12.0. The molecule has 0 unspecified atom stereocenters. The highest BCUT2D eigenvalue weighted by Gasteiger charge is 2.26. The molecule has 2 N–H and O–H groups in total. The molecule has 0 atom stereocenters. The van der Waals surface area contributed by atoms with E-state index < -0.39 is 12.6 Å². The summed E-state index contributed by atoms with van der Waals surface area (Å²) in [6, 6.07) is 0. The number of carbonyl (C=O) groups is 1. The summed E-state index contributed by atoms with van der Waals surface area (Å²) >= 11 is 0. The smallest absolute Gasteiger partial charge is 0.390 e. The molecule has 0 bridgehead atoms. The van der Waals surface area contributed by atoms with Crippen molar-refractivity contribution < 1.29 is 22.7 Å². The third-order valence-corrected chi connectivity index (χ3v) is 2.75. The zero-order chi connectivity index (χ0) is 16.1. The molecule has 0 radical (unpaired) electrons. The first-order chi connectivity index (χ1) is 9.89. The largest absolute Gasteiger partial charge is 0.469 e. The van der Waals surface area contributed by atoms with Crippen LogP contribution in [-0.2, 0) is 9.53 Å². The number of alkyl halides is 3. The summed E-state index contributed by atoms with van der Waals surface area (Å²) < 4.78 is 40.5. The van der Waals surface area contributed by atoms with E-state index in [4.69, 9.17) is 0 Å². The molecule has 0 spiro atoms. The molecule has 0 aliphatic rings.